The van der Waals surface area contributed by atoms with Gasteiger partial charge in [-0.15, -0.1) is 0 Å². The van der Waals surface area contributed by atoms with Gasteiger partial charge in [0.2, 0.25) is 0 Å². The Morgan fingerprint density at radius 3 is 1.89 bits per heavy atom. The van der Waals surface area contributed by atoms with Gasteiger partial charge in [-0.05, 0) is 25.0 Å². The van der Waals surface area contributed by atoms with Crippen LogP contribution in [0.2, 0.25) is 0 Å². The monoisotopic (exact) mass is 401 g/mol. The summed E-state index contributed by atoms with van der Waals surface area (Å²) in [6.45, 7) is 5.73. The van der Waals surface area contributed by atoms with Crippen LogP contribution in [0.15, 0.2) is 30.3 Å². The minimum atomic E-state index is -0.196. The van der Waals surface area contributed by atoms with Gasteiger partial charge < -0.3 is 4.74 Å². The molecule has 0 aromatic heterocycles. The van der Waals surface area contributed by atoms with Crippen LogP contribution in [-0.2, 0) is 4.74 Å². The first kappa shape index (κ1) is 27.1. The number of unbranched alkanes of at least 4 members (excludes halogenated alkanes) is 10. The molecule has 1 aromatic carbocycles. The first-order valence-corrected chi connectivity index (χ1v) is 10.8. The van der Waals surface area contributed by atoms with Crippen molar-refractivity contribution in [3.63, 3.8) is 0 Å². The second-order valence-electron chi connectivity index (χ2n) is 7.14. The molecule has 0 bridgehead atoms. The fourth-order valence-electron chi connectivity index (χ4n) is 3.10. The number of amides is 1. The molecular weight excluding hydrogens is 361 g/mol. The minimum absolute atomic E-state index is 0. The number of carbonyl (C=O) groups excluding carboxylic acids is 1. The van der Waals surface area contributed by atoms with Crippen molar-refractivity contribution in [1.82, 2.24) is 0 Å². The maximum absolute atomic E-state index is 12.5. The first-order valence-electron chi connectivity index (χ1n) is 10.8. The molecule has 4 heteroatoms. The van der Waals surface area contributed by atoms with Crippen molar-refractivity contribution in [1.29, 1.82) is 0 Å². The number of benzene rings is 1. The van der Waals surface area contributed by atoms with Gasteiger partial charge in [0.25, 0.3) is 0 Å². The van der Waals surface area contributed by atoms with Crippen molar-refractivity contribution in [2.75, 3.05) is 18.1 Å². The van der Waals surface area contributed by atoms with Crippen LogP contribution in [-0.4, -0.2) is 70.6 Å². The van der Waals surface area contributed by atoms with E-state index in [1.54, 1.807) is 4.90 Å². The summed E-state index contributed by atoms with van der Waals surface area (Å²) in [6, 6.07) is 9.91. The van der Waals surface area contributed by atoms with E-state index in [4.69, 9.17) is 4.74 Å². The molecule has 1 aromatic rings. The van der Waals surface area contributed by atoms with Crippen LogP contribution >= 0.6 is 0 Å². The van der Waals surface area contributed by atoms with E-state index in [-0.39, 0.29) is 57.5 Å². The molecule has 0 spiro atoms. The Hall–Kier alpha value is 0.126. The van der Waals surface area contributed by atoms with Crippen molar-refractivity contribution in [3.05, 3.63) is 30.3 Å². The van der Waals surface area contributed by atoms with E-state index in [1.165, 1.54) is 57.8 Å². The van der Waals surface area contributed by atoms with E-state index in [9.17, 15) is 4.79 Å². The van der Waals surface area contributed by atoms with Crippen LogP contribution in [0.4, 0.5) is 10.5 Å². The number of nitrogens with zero attached hydrogens (tertiary/aromatic N) is 1. The van der Waals surface area contributed by atoms with Crippen molar-refractivity contribution in [3.8, 4) is 0 Å². The zero-order chi connectivity index (χ0) is 18.9. The van der Waals surface area contributed by atoms with E-state index >= 15 is 0 Å². The Balaban J connectivity index is 0.00000676. The number of rotatable bonds is 15. The Labute approximate surface area is 210 Å². The molecule has 0 aliphatic carbocycles. The number of para-hydroxylation sites is 1. The zero-order valence-electron chi connectivity index (χ0n) is 17.0. The maximum atomic E-state index is 12.5. The van der Waals surface area contributed by atoms with Crippen LogP contribution < -0.4 is 4.90 Å². The molecule has 0 aliphatic heterocycles. The van der Waals surface area contributed by atoms with Crippen LogP contribution in [0.5, 0.6) is 0 Å². The topological polar surface area (TPSA) is 29.5 Å². The summed E-state index contributed by atoms with van der Waals surface area (Å²) >= 11 is 0. The average Bonchev–Trinajstić information content (AvgIpc) is 2.67. The van der Waals surface area contributed by atoms with E-state index in [2.05, 4.69) is 13.8 Å². The third-order valence-corrected chi connectivity index (χ3v) is 4.75. The van der Waals surface area contributed by atoms with Gasteiger partial charge in [0, 0.05) is 12.2 Å². The van der Waals surface area contributed by atoms with Gasteiger partial charge in [0.1, 0.15) is 0 Å². The standard InChI is InChI=1S/C23H39NO2.K.H/c1-3-5-7-9-11-16-20-24(22-18-14-13-15-19-22)23(25)26-21-17-12-10-8-6-4-2;;/h13-15,18-19H,3-12,16-17,20-21H2,1-2H3;;. The van der Waals surface area contributed by atoms with Crippen LogP contribution in [0.25, 0.3) is 0 Å². The molecule has 0 atom stereocenters. The quantitative estimate of drug-likeness (QED) is 0.242. The summed E-state index contributed by atoms with van der Waals surface area (Å²) in [5.74, 6) is 0. The predicted octanol–water partition coefficient (Wildman–Crippen LogP) is 6.70. The number of hydrogen-bond donors (Lipinski definition) is 0. The van der Waals surface area contributed by atoms with E-state index < -0.39 is 0 Å². The third-order valence-electron chi connectivity index (χ3n) is 4.75. The first-order chi connectivity index (χ1) is 12.8. The molecule has 0 unspecified atom stereocenters. The molecule has 0 radical (unpaired) electrons. The zero-order valence-corrected chi connectivity index (χ0v) is 17.0. The van der Waals surface area contributed by atoms with Gasteiger partial charge in [-0.3, -0.25) is 4.90 Å². The molecule has 0 fully saturated rings. The van der Waals surface area contributed by atoms with Gasteiger partial charge in [0.05, 0.1) is 6.61 Å². The fourth-order valence-corrected chi connectivity index (χ4v) is 3.10. The number of ether oxygens (including phenoxy) is 1. The molecule has 0 saturated carbocycles. The molecule has 150 valence electrons. The molecule has 0 heterocycles. The Kier molecular flexibility index (Phi) is 19.5. The molecule has 27 heavy (non-hydrogen) atoms. The summed E-state index contributed by atoms with van der Waals surface area (Å²) in [5.41, 5.74) is 0.939. The van der Waals surface area contributed by atoms with Gasteiger partial charge in [-0.1, -0.05) is 96.3 Å². The number of carbonyl (C=O) groups is 1. The molecule has 1 rings (SSSR count). The molecule has 0 aliphatic rings. The fraction of sp³-hybridized carbons (Fsp3) is 0.696. The summed E-state index contributed by atoms with van der Waals surface area (Å²) in [4.78, 5) is 14.4. The summed E-state index contributed by atoms with van der Waals surface area (Å²) in [5, 5.41) is 0. The van der Waals surface area contributed by atoms with Crippen molar-refractivity contribution >= 4 is 63.2 Å². The van der Waals surface area contributed by atoms with Crippen molar-refractivity contribution < 1.29 is 9.53 Å². The van der Waals surface area contributed by atoms with E-state index in [0.717, 1.165) is 31.5 Å². The molecule has 1 amide bonds. The van der Waals surface area contributed by atoms with Crippen LogP contribution in [0.1, 0.15) is 90.9 Å². The Morgan fingerprint density at radius 2 is 1.30 bits per heavy atom. The SMILES string of the molecule is CCCCCCCCOC(=O)N(CCCCCCCC)c1ccccc1.[KH]. The number of anilines is 1. The van der Waals surface area contributed by atoms with Crippen LogP contribution in [0.3, 0.4) is 0 Å². The predicted molar refractivity (Wildman–Crippen MR) is 119 cm³/mol. The third kappa shape index (κ3) is 13.9. The second-order valence-corrected chi connectivity index (χ2v) is 7.14. The van der Waals surface area contributed by atoms with E-state index in [0.29, 0.717) is 6.61 Å². The summed E-state index contributed by atoms with van der Waals surface area (Å²) in [6.07, 6.45) is 14.4. The molecular formula is C23H40KNO2. The second kappa shape index (κ2) is 19.4. The van der Waals surface area contributed by atoms with Crippen LogP contribution in [0, 0.1) is 0 Å². The summed E-state index contributed by atoms with van der Waals surface area (Å²) < 4.78 is 5.55. The number of hydrogen-bond acceptors (Lipinski definition) is 2. The van der Waals surface area contributed by atoms with Gasteiger partial charge in [-0.2, -0.15) is 0 Å². The van der Waals surface area contributed by atoms with Gasteiger partial charge in [0.15, 0.2) is 0 Å². The Bertz CT molecular complexity index is 453. The van der Waals surface area contributed by atoms with Crippen molar-refractivity contribution in [2.45, 2.75) is 90.9 Å². The Morgan fingerprint density at radius 1 is 0.778 bits per heavy atom. The summed E-state index contributed by atoms with van der Waals surface area (Å²) in [7, 11) is 0. The molecule has 0 N–H and O–H groups in total. The van der Waals surface area contributed by atoms with Crippen molar-refractivity contribution in [2.24, 2.45) is 0 Å². The normalized spacial score (nSPS) is 10.3. The van der Waals surface area contributed by atoms with Gasteiger partial charge >= 0.3 is 57.5 Å². The van der Waals surface area contributed by atoms with Gasteiger partial charge in [-0.25, -0.2) is 4.79 Å². The molecule has 0 saturated heterocycles. The molecule has 3 nitrogen and oxygen atoms in total. The van der Waals surface area contributed by atoms with E-state index in [1.807, 2.05) is 30.3 Å². The average molecular weight is 402 g/mol.